The Morgan fingerprint density at radius 2 is 1.90 bits per heavy atom. The van der Waals surface area contributed by atoms with E-state index in [1.165, 1.54) is 18.5 Å². The lowest BCUT2D eigenvalue weighted by molar-refractivity contribution is 0.270. The third kappa shape index (κ3) is 9.03. The fourth-order valence-electron chi connectivity index (χ4n) is 3.98. The maximum Gasteiger partial charge on any atom is 0.191 e. The van der Waals surface area contributed by atoms with Gasteiger partial charge in [0.25, 0.3) is 0 Å². The summed E-state index contributed by atoms with van der Waals surface area (Å²) in [7, 11) is 0. The summed E-state index contributed by atoms with van der Waals surface area (Å²) in [6.07, 6.45) is 4.26. The lowest BCUT2D eigenvalue weighted by atomic mass is 10.2. The summed E-state index contributed by atoms with van der Waals surface area (Å²) in [5, 5.41) is 6.97. The molecule has 0 aromatic carbocycles. The van der Waals surface area contributed by atoms with E-state index in [0.717, 1.165) is 70.6 Å². The van der Waals surface area contributed by atoms with Crippen LogP contribution in [0.25, 0.3) is 0 Å². The monoisotopic (exact) mass is 431 g/mol. The van der Waals surface area contributed by atoms with E-state index < -0.39 is 0 Å². The van der Waals surface area contributed by atoms with Crippen molar-refractivity contribution < 1.29 is 0 Å². The first kappa shape index (κ1) is 25.4. The summed E-state index contributed by atoms with van der Waals surface area (Å²) in [4.78, 5) is 16.8. The zero-order valence-electron chi connectivity index (χ0n) is 20.5. The Kier molecular flexibility index (Phi) is 11.7. The van der Waals surface area contributed by atoms with E-state index in [4.69, 9.17) is 4.99 Å². The maximum absolute atomic E-state index is 4.84. The van der Waals surface area contributed by atoms with Crippen LogP contribution < -0.4 is 15.5 Å². The van der Waals surface area contributed by atoms with Gasteiger partial charge in [-0.3, -0.25) is 0 Å². The average Bonchev–Trinajstić information content (AvgIpc) is 2.80. The summed E-state index contributed by atoms with van der Waals surface area (Å²) in [6.45, 7) is 21.4. The maximum atomic E-state index is 4.84. The first-order valence-corrected chi connectivity index (χ1v) is 12.3. The molecule has 0 amide bonds. The molecule has 0 aliphatic carbocycles. The van der Waals surface area contributed by atoms with Crippen LogP contribution in [0, 0.1) is 0 Å². The van der Waals surface area contributed by atoms with Gasteiger partial charge in [-0.1, -0.05) is 20.8 Å². The Morgan fingerprint density at radius 3 is 2.55 bits per heavy atom. The van der Waals surface area contributed by atoms with Crippen molar-refractivity contribution in [1.29, 1.82) is 0 Å². The minimum Gasteiger partial charge on any atom is -0.357 e. The number of aliphatic imine (C=N–C) groups is 1. The van der Waals surface area contributed by atoms with Crippen molar-refractivity contribution in [3.8, 4) is 0 Å². The van der Waals surface area contributed by atoms with Gasteiger partial charge in [-0.05, 0) is 70.6 Å². The highest BCUT2D eigenvalue weighted by atomic mass is 15.3. The lowest BCUT2D eigenvalue weighted by Crippen LogP contribution is -2.46. The minimum atomic E-state index is 0.399. The first-order valence-electron chi connectivity index (χ1n) is 12.3. The fourth-order valence-corrected chi connectivity index (χ4v) is 3.98. The van der Waals surface area contributed by atoms with Gasteiger partial charge in [0.1, 0.15) is 5.82 Å². The van der Waals surface area contributed by atoms with Gasteiger partial charge in [0.2, 0.25) is 0 Å². The molecular formula is C24H45N7. The van der Waals surface area contributed by atoms with Crippen molar-refractivity contribution >= 4 is 11.8 Å². The van der Waals surface area contributed by atoms with Gasteiger partial charge in [0, 0.05) is 45.0 Å². The third-order valence-corrected chi connectivity index (χ3v) is 6.11. The zero-order valence-corrected chi connectivity index (χ0v) is 20.5. The Bertz CT molecular complexity index is 637. The molecule has 2 N–H and O–H groups in total. The van der Waals surface area contributed by atoms with Crippen molar-refractivity contribution in [2.45, 2.75) is 60.0 Å². The number of hydrogen-bond acceptors (Lipinski definition) is 5. The molecule has 1 aromatic heterocycles. The average molecular weight is 432 g/mol. The van der Waals surface area contributed by atoms with Crippen molar-refractivity contribution in [3.05, 3.63) is 23.9 Å². The molecule has 1 unspecified atom stereocenters. The molecule has 7 heteroatoms. The molecule has 1 fully saturated rings. The van der Waals surface area contributed by atoms with E-state index in [1.807, 2.05) is 6.20 Å². The van der Waals surface area contributed by atoms with Gasteiger partial charge in [-0.25, -0.2) is 9.98 Å². The molecule has 2 heterocycles. The predicted molar refractivity (Wildman–Crippen MR) is 133 cm³/mol. The van der Waals surface area contributed by atoms with Crippen LogP contribution in [0.3, 0.4) is 0 Å². The van der Waals surface area contributed by atoms with Crippen molar-refractivity contribution in [2.24, 2.45) is 4.99 Å². The molecule has 1 atom stereocenters. The fraction of sp³-hybridized carbons (Fsp3) is 0.750. The molecule has 0 saturated carbocycles. The number of likely N-dealkylation sites (N-methyl/N-ethyl adjacent to an activating group) is 1. The number of anilines is 1. The molecule has 1 saturated heterocycles. The second kappa shape index (κ2) is 14.2. The number of nitrogens with one attached hydrogen (secondary N) is 2. The topological polar surface area (TPSA) is 59.0 Å². The molecule has 7 nitrogen and oxygen atoms in total. The number of hydrogen-bond donors (Lipinski definition) is 2. The number of piperazine rings is 1. The van der Waals surface area contributed by atoms with E-state index in [1.54, 1.807) is 0 Å². The van der Waals surface area contributed by atoms with Gasteiger partial charge >= 0.3 is 0 Å². The largest absolute Gasteiger partial charge is 0.357 e. The number of rotatable bonds is 12. The summed E-state index contributed by atoms with van der Waals surface area (Å²) >= 11 is 0. The molecule has 1 aliphatic rings. The van der Waals surface area contributed by atoms with Gasteiger partial charge in [-0.2, -0.15) is 0 Å². The van der Waals surface area contributed by atoms with Crippen molar-refractivity contribution in [2.75, 3.05) is 63.8 Å². The summed E-state index contributed by atoms with van der Waals surface area (Å²) in [6, 6.07) is 4.67. The number of guanidine groups is 1. The van der Waals surface area contributed by atoms with Gasteiger partial charge in [0.15, 0.2) is 5.96 Å². The quantitative estimate of drug-likeness (QED) is 0.392. The summed E-state index contributed by atoms with van der Waals surface area (Å²) < 4.78 is 0. The Labute approximate surface area is 190 Å². The van der Waals surface area contributed by atoms with E-state index in [9.17, 15) is 0 Å². The summed E-state index contributed by atoms with van der Waals surface area (Å²) in [5.41, 5.74) is 1.20. The molecule has 0 bridgehead atoms. The standard InChI is InChI=1S/C24H45N7/c1-6-25-24(28-21(5)11-10-14-29(7-2)8-3)27-20-22-12-13-26-23(19-22)31-17-15-30(9-4)16-18-31/h12-13,19,21H,6-11,14-18,20H2,1-5H3,(H2,25,27,28). The van der Waals surface area contributed by atoms with Crippen LogP contribution >= 0.6 is 0 Å². The highest BCUT2D eigenvalue weighted by molar-refractivity contribution is 5.80. The van der Waals surface area contributed by atoms with Gasteiger partial charge < -0.3 is 25.3 Å². The SMILES string of the molecule is CCNC(=NCc1ccnc(N2CCN(CC)CC2)c1)NC(C)CCCN(CC)CC. The van der Waals surface area contributed by atoms with Crippen LogP contribution in [0.5, 0.6) is 0 Å². The highest BCUT2D eigenvalue weighted by Crippen LogP contribution is 2.15. The minimum absolute atomic E-state index is 0.399. The number of nitrogens with zero attached hydrogens (tertiary/aromatic N) is 5. The van der Waals surface area contributed by atoms with Crippen LogP contribution in [0.1, 0.15) is 53.0 Å². The van der Waals surface area contributed by atoms with Crippen LogP contribution in [0.4, 0.5) is 5.82 Å². The van der Waals surface area contributed by atoms with E-state index >= 15 is 0 Å². The first-order chi connectivity index (χ1) is 15.1. The molecule has 1 aromatic rings. The third-order valence-electron chi connectivity index (χ3n) is 6.11. The molecule has 0 radical (unpaired) electrons. The zero-order chi connectivity index (χ0) is 22.5. The van der Waals surface area contributed by atoms with Gasteiger partial charge in [0.05, 0.1) is 6.54 Å². The molecular weight excluding hydrogens is 386 g/mol. The van der Waals surface area contributed by atoms with Crippen LogP contribution in [-0.4, -0.2) is 85.7 Å². The second-order valence-corrected chi connectivity index (χ2v) is 8.35. The number of pyridine rings is 1. The van der Waals surface area contributed by atoms with Crippen LogP contribution in [0.15, 0.2) is 23.3 Å². The predicted octanol–water partition coefficient (Wildman–Crippen LogP) is 2.79. The van der Waals surface area contributed by atoms with Crippen molar-refractivity contribution in [1.82, 2.24) is 25.4 Å². The highest BCUT2D eigenvalue weighted by Gasteiger charge is 2.16. The molecule has 1 aliphatic heterocycles. The lowest BCUT2D eigenvalue weighted by Gasteiger charge is -2.34. The number of aromatic nitrogens is 1. The Morgan fingerprint density at radius 1 is 1.16 bits per heavy atom. The van der Waals surface area contributed by atoms with Crippen LogP contribution in [-0.2, 0) is 6.54 Å². The molecule has 31 heavy (non-hydrogen) atoms. The molecule has 0 spiro atoms. The van der Waals surface area contributed by atoms with E-state index in [2.05, 4.69) is 77.1 Å². The molecule has 176 valence electrons. The smallest absolute Gasteiger partial charge is 0.191 e. The normalized spacial score (nSPS) is 16.6. The Balaban J connectivity index is 1.88. The van der Waals surface area contributed by atoms with Crippen molar-refractivity contribution in [3.63, 3.8) is 0 Å². The van der Waals surface area contributed by atoms with E-state index in [0.29, 0.717) is 12.6 Å². The van der Waals surface area contributed by atoms with Gasteiger partial charge in [-0.15, -0.1) is 0 Å². The summed E-state index contributed by atoms with van der Waals surface area (Å²) in [5.74, 6) is 1.97. The Hall–Kier alpha value is -1.86. The molecule has 2 rings (SSSR count). The van der Waals surface area contributed by atoms with Crippen LogP contribution in [0.2, 0.25) is 0 Å². The van der Waals surface area contributed by atoms with E-state index in [-0.39, 0.29) is 0 Å². The second-order valence-electron chi connectivity index (χ2n) is 8.35.